The van der Waals surface area contributed by atoms with Gasteiger partial charge in [0.25, 0.3) is 5.91 Å². The third kappa shape index (κ3) is 3.36. The van der Waals surface area contributed by atoms with Gasteiger partial charge in [-0.05, 0) is 37.1 Å². The lowest BCUT2D eigenvalue weighted by Crippen LogP contribution is -2.46. The summed E-state index contributed by atoms with van der Waals surface area (Å²) in [6.45, 7) is 1.71. The first kappa shape index (κ1) is 16.6. The minimum Gasteiger partial charge on any atom is -0.497 e. The van der Waals surface area contributed by atoms with E-state index in [1.807, 2.05) is 29.2 Å². The molecule has 1 aromatic rings. The molecule has 0 spiro atoms. The van der Waals surface area contributed by atoms with Crippen LogP contribution in [0.25, 0.3) is 6.08 Å². The van der Waals surface area contributed by atoms with E-state index < -0.39 is 0 Å². The fraction of sp³-hybridized carbons (Fsp3) is 0.438. The summed E-state index contributed by atoms with van der Waals surface area (Å²) in [5.74, 6) is 1.56. The van der Waals surface area contributed by atoms with Gasteiger partial charge < -0.3 is 20.1 Å². The maximum Gasteiger partial charge on any atom is 0.253 e. The average molecular weight is 325 g/mol. The van der Waals surface area contributed by atoms with Crippen molar-refractivity contribution in [1.29, 1.82) is 0 Å². The molecule has 22 heavy (non-hydrogen) atoms. The summed E-state index contributed by atoms with van der Waals surface area (Å²) < 4.78 is 10.9. The van der Waals surface area contributed by atoms with Gasteiger partial charge in [0.1, 0.15) is 18.1 Å². The number of methoxy groups -OCH3 is 1. The molecule has 2 aliphatic rings. The Morgan fingerprint density at radius 3 is 3.00 bits per heavy atom. The highest BCUT2D eigenvalue weighted by atomic mass is 35.5. The van der Waals surface area contributed by atoms with Crippen LogP contribution in [0.4, 0.5) is 0 Å². The highest BCUT2D eigenvalue weighted by molar-refractivity contribution is 5.99. The minimum atomic E-state index is 0. The molecular formula is C16H21ClN2O3. The number of halogens is 1. The molecule has 1 aromatic carbocycles. The van der Waals surface area contributed by atoms with Crippen LogP contribution in [0.5, 0.6) is 11.5 Å². The molecule has 1 amide bonds. The predicted octanol–water partition coefficient (Wildman–Crippen LogP) is 1.84. The number of carbonyl (C=O) groups is 1. The van der Waals surface area contributed by atoms with Crippen LogP contribution in [-0.2, 0) is 4.79 Å². The van der Waals surface area contributed by atoms with Crippen molar-refractivity contribution in [1.82, 2.24) is 4.90 Å². The monoisotopic (exact) mass is 324 g/mol. The quantitative estimate of drug-likeness (QED) is 0.901. The van der Waals surface area contributed by atoms with Gasteiger partial charge in [-0.25, -0.2) is 0 Å². The molecule has 1 atom stereocenters. The van der Waals surface area contributed by atoms with E-state index in [0.717, 1.165) is 36.4 Å². The van der Waals surface area contributed by atoms with Gasteiger partial charge in [-0.15, -0.1) is 12.4 Å². The smallest absolute Gasteiger partial charge is 0.253 e. The van der Waals surface area contributed by atoms with E-state index in [4.69, 9.17) is 15.2 Å². The molecule has 2 N–H and O–H groups in total. The first-order valence-corrected chi connectivity index (χ1v) is 7.23. The average Bonchev–Trinajstić information content (AvgIpc) is 2.53. The molecule has 0 aliphatic carbocycles. The molecule has 0 bridgehead atoms. The van der Waals surface area contributed by atoms with Crippen molar-refractivity contribution in [2.24, 2.45) is 5.73 Å². The number of nitrogens with two attached hydrogens (primary N) is 1. The van der Waals surface area contributed by atoms with Crippen molar-refractivity contribution >= 4 is 24.4 Å². The van der Waals surface area contributed by atoms with Gasteiger partial charge in [0.05, 0.1) is 12.7 Å². The lowest BCUT2D eigenvalue weighted by atomic mass is 10.0. The first-order chi connectivity index (χ1) is 10.2. The highest BCUT2D eigenvalue weighted by Gasteiger charge is 2.26. The van der Waals surface area contributed by atoms with Crippen molar-refractivity contribution in [2.45, 2.75) is 18.9 Å². The lowest BCUT2D eigenvalue weighted by Gasteiger charge is -2.32. The molecule has 1 saturated heterocycles. The third-order valence-corrected chi connectivity index (χ3v) is 3.95. The summed E-state index contributed by atoms with van der Waals surface area (Å²) in [6.07, 6.45) is 3.84. The number of rotatable bonds is 2. The molecule has 1 fully saturated rings. The van der Waals surface area contributed by atoms with Crippen LogP contribution in [0.15, 0.2) is 23.8 Å². The standard InChI is InChI=1S/C16H20N2O3.ClH/c1-20-14-4-5-15-11(8-14)7-12(10-21-15)16(19)18-6-2-3-13(17)9-18;/h4-5,7-8,13H,2-3,6,9-10,17H2,1H3;1H. The summed E-state index contributed by atoms with van der Waals surface area (Å²) in [5, 5.41) is 0. The third-order valence-electron chi connectivity index (χ3n) is 3.95. The van der Waals surface area contributed by atoms with Gasteiger partial charge in [0, 0.05) is 24.7 Å². The van der Waals surface area contributed by atoms with Crippen molar-refractivity contribution in [2.75, 3.05) is 26.8 Å². The molecule has 6 heteroatoms. The van der Waals surface area contributed by atoms with E-state index in [0.29, 0.717) is 18.7 Å². The lowest BCUT2D eigenvalue weighted by molar-refractivity contribution is -0.128. The van der Waals surface area contributed by atoms with Crippen molar-refractivity contribution in [3.05, 3.63) is 29.3 Å². The number of amides is 1. The van der Waals surface area contributed by atoms with E-state index >= 15 is 0 Å². The molecular weight excluding hydrogens is 304 g/mol. The maximum absolute atomic E-state index is 12.6. The van der Waals surface area contributed by atoms with E-state index in [1.54, 1.807) is 7.11 Å². The van der Waals surface area contributed by atoms with Crippen LogP contribution in [0.2, 0.25) is 0 Å². The van der Waals surface area contributed by atoms with Gasteiger partial charge in [0.2, 0.25) is 0 Å². The van der Waals surface area contributed by atoms with Crippen LogP contribution in [0.3, 0.4) is 0 Å². The molecule has 120 valence electrons. The van der Waals surface area contributed by atoms with Crippen LogP contribution in [-0.4, -0.2) is 43.7 Å². The number of piperidine rings is 1. The molecule has 2 heterocycles. The Labute approximate surface area is 136 Å². The second-order valence-corrected chi connectivity index (χ2v) is 5.52. The van der Waals surface area contributed by atoms with E-state index in [9.17, 15) is 4.79 Å². The number of ether oxygens (including phenoxy) is 2. The van der Waals surface area contributed by atoms with Crippen molar-refractivity contribution in [3.8, 4) is 11.5 Å². The molecule has 0 saturated carbocycles. The van der Waals surface area contributed by atoms with E-state index in [-0.39, 0.29) is 24.4 Å². The first-order valence-electron chi connectivity index (χ1n) is 7.23. The Kier molecular flexibility index (Phi) is 5.32. The molecule has 5 nitrogen and oxygen atoms in total. The number of likely N-dealkylation sites (tertiary alicyclic amines) is 1. The van der Waals surface area contributed by atoms with Crippen LogP contribution in [0.1, 0.15) is 18.4 Å². The van der Waals surface area contributed by atoms with Gasteiger partial charge in [-0.3, -0.25) is 4.79 Å². The Balaban J connectivity index is 0.00000176. The number of hydrogen-bond donors (Lipinski definition) is 1. The van der Waals surface area contributed by atoms with E-state index in [2.05, 4.69) is 0 Å². The van der Waals surface area contributed by atoms with Crippen LogP contribution in [0, 0.1) is 0 Å². The Morgan fingerprint density at radius 2 is 2.27 bits per heavy atom. The molecule has 3 rings (SSSR count). The van der Waals surface area contributed by atoms with Crippen LogP contribution < -0.4 is 15.2 Å². The molecule has 2 aliphatic heterocycles. The number of benzene rings is 1. The minimum absolute atomic E-state index is 0. The fourth-order valence-corrected chi connectivity index (χ4v) is 2.80. The summed E-state index contributed by atoms with van der Waals surface area (Å²) >= 11 is 0. The zero-order valence-corrected chi connectivity index (χ0v) is 13.4. The molecule has 0 radical (unpaired) electrons. The Morgan fingerprint density at radius 1 is 1.45 bits per heavy atom. The highest BCUT2D eigenvalue weighted by Crippen LogP contribution is 2.30. The zero-order chi connectivity index (χ0) is 14.8. The Hall–Kier alpha value is -1.72. The maximum atomic E-state index is 12.6. The summed E-state index contributed by atoms with van der Waals surface area (Å²) in [6, 6.07) is 5.68. The summed E-state index contributed by atoms with van der Waals surface area (Å²) in [4.78, 5) is 14.4. The zero-order valence-electron chi connectivity index (χ0n) is 12.6. The van der Waals surface area contributed by atoms with Gasteiger partial charge in [-0.2, -0.15) is 0 Å². The molecule has 1 unspecified atom stereocenters. The van der Waals surface area contributed by atoms with E-state index in [1.165, 1.54) is 0 Å². The Bertz CT molecular complexity index is 589. The number of carbonyl (C=O) groups excluding carboxylic acids is 1. The SMILES string of the molecule is COc1ccc2c(c1)C=C(C(=O)N1CCCC(N)C1)CO2.Cl. The second kappa shape index (κ2) is 7.03. The summed E-state index contributed by atoms with van der Waals surface area (Å²) in [7, 11) is 1.62. The number of hydrogen-bond acceptors (Lipinski definition) is 4. The number of nitrogens with zero attached hydrogens (tertiary/aromatic N) is 1. The normalized spacial score (nSPS) is 20.2. The van der Waals surface area contributed by atoms with Crippen molar-refractivity contribution < 1.29 is 14.3 Å². The number of fused-ring (bicyclic) bond motifs is 1. The predicted molar refractivity (Wildman–Crippen MR) is 87.5 cm³/mol. The summed E-state index contributed by atoms with van der Waals surface area (Å²) in [5.41, 5.74) is 7.50. The van der Waals surface area contributed by atoms with Gasteiger partial charge in [-0.1, -0.05) is 0 Å². The van der Waals surface area contributed by atoms with Gasteiger partial charge >= 0.3 is 0 Å². The molecule has 0 aromatic heterocycles. The fourth-order valence-electron chi connectivity index (χ4n) is 2.80. The van der Waals surface area contributed by atoms with Gasteiger partial charge in [0.15, 0.2) is 0 Å². The second-order valence-electron chi connectivity index (χ2n) is 5.52. The largest absolute Gasteiger partial charge is 0.497 e. The van der Waals surface area contributed by atoms with Crippen molar-refractivity contribution in [3.63, 3.8) is 0 Å². The van der Waals surface area contributed by atoms with Crippen LogP contribution >= 0.6 is 12.4 Å². The topological polar surface area (TPSA) is 64.8 Å².